The predicted molar refractivity (Wildman–Crippen MR) is 93.9 cm³/mol. The molecular weight excluding hydrogens is 434 g/mol. The summed E-state index contributed by atoms with van der Waals surface area (Å²) in [5.74, 6) is -1.65. The highest BCUT2D eigenvalue weighted by Gasteiger charge is 2.33. The minimum atomic E-state index is -5.00. The van der Waals surface area contributed by atoms with Gasteiger partial charge in [-0.05, 0) is 6.92 Å². The fraction of sp³-hybridized carbons (Fsp3) is 0.357. The SMILES string of the molecule is CCOC(=O)c1cnn(C(F)F)c1S(=O)(=O)NC(=O)Nc1nc(OC)cc(OC)n1. The third-order valence-corrected chi connectivity index (χ3v) is 4.60. The van der Waals surface area contributed by atoms with E-state index in [9.17, 15) is 26.8 Å². The van der Waals surface area contributed by atoms with Crippen LogP contribution in [0.1, 0.15) is 23.8 Å². The smallest absolute Gasteiger partial charge is 0.342 e. The van der Waals surface area contributed by atoms with E-state index in [0.717, 1.165) is 0 Å². The van der Waals surface area contributed by atoms with Crippen molar-refractivity contribution < 1.29 is 41.0 Å². The first-order chi connectivity index (χ1) is 14.1. The maximum Gasteiger partial charge on any atom is 0.342 e. The number of halogens is 2. The molecule has 0 spiro atoms. The Morgan fingerprint density at radius 2 is 1.80 bits per heavy atom. The van der Waals surface area contributed by atoms with Crippen LogP contribution in [0.2, 0.25) is 0 Å². The summed E-state index contributed by atoms with van der Waals surface area (Å²) in [6.45, 7) is -2.15. The van der Waals surface area contributed by atoms with E-state index in [4.69, 9.17) is 9.47 Å². The van der Waals surface area contributed by atoms with Gasteiger partial charge >= 0.3 is 18.5 Å². The van der Waals surface area contributed by atoms with E-state index in [2.05, 4.69) is 19.8 Å². The molecule has 164 valence electrons. The summed E-state index contributed by atoms with van der Waals surface area (Å²) in [5, 5.41) is 3.91. The number of esters is 1. The number of nitrogens with zero attached hydrogens (tertiary/aromatic N) is 4. The number of carbonyl (C=O) groups is 2. The van der Waals surface area contributed by atoms with Gasteiger partial charge in [0.1, 0.15) is 5.56 Å². The predicted octanol–water partition coefficient (Wildman–Crippen LogP) is 0.772. The molecule has 0 saturated heterocycles. The number of carbonyl (C=O) groups excluding carboxylic acids is 2. The summed E-state index contributed by atoms with van der Waals surface area (Å²) >= 11 is 0. The van der Waals surface area contributed by atoms with Crippen LogP contribution in [0.4, 0.5) is 19.5 Å². The molecule has 16 heteroatoms. The highest BCUT2D eigenvalue weighted by Crippen LogP contribution is 2.23. The fourth-order valence-corrected chi connectivity index (χ4v) is 3.26. The zero-order valence-electron chi connectivity index (χ0n) is 15.7. The summed E-state index contributed by atoms with van der Waals surface area (Å²) in [7, 11) is -2.45. The molecule has 2 heterocycles. The largest absolute Gasteiger partial charge is 0.481 e. The maximum absolute atomic E-state index is 13.2. The van der Waals surface area contributed by atoms with Gasteiger partial charge in [0.2, 0.25) is 17.7 Å². The number of methoxy groups -OCH3 is 2. The van der Waals surface area contributed by atoms with E-state index in [0.29, 0.717) is 6.20 Å². The van der Waals surface area contributed by atoms with Gasteiger partial charge in [0.05, 0.1) is 33.1 Å². The third-order valence-electron chi connectivity index (χ3n) is 3.23. The molecule has 2 N–H and O–H groups in total. The van der Waals surface area contributed by atoms with E-state index < -0.39 is 45.1 Å². The van der Waals surface area contributed by atoms with Crippen molar-refractivity contribution in [2.24, 2.45) is 0 Å². The molecule has 0 fully saturated rings. The molecule has 0 saturated carbocycles. The monoisotopic (exact) mass is 450 g/mol. The normalized spacial score (nSPS) is 11.1. The molecule has 0 aromatic carbocycles. The van der Waals surface area contributed by atoms with Crippen molar-refractivity contribution >= 4 is 28.0 Å². The topological polar surface area (TPSA) is 164 Å². The van der Waals surface area contributed by atoms with E-state index in [-0.39, 0.29) is 23.0 Å². The minimum absolute atomic E-state index is 0.0135. The van der Waals surface area contributed by atoms with Gasteiger partial charge in [0.25, 0.3) is 10.0 Å². The van der Waals surface area contributed by atoms with Gasteiger partial charge in [-0.2, -0.15) is 36.9 Å². The van der Waals surface area contributed by atoms with Crippen LogP contribution in [0.5, 0.6) is 11.8 Å². The number of urea groups is 1. The van der Waals surface area contributed by atoms with Crippen molar-refractivity contribution in [2.45, 2.75) is 18.5 Å². The van der Waals surface area contributed by atoms with Crippen LogP contribution in [0, 0.1) is 0 Å². The van der Waals surface area contributed by atoms with Crippen molar-refractivity contribution in [3.8, 4) is 11.8 Å². The first kappa shape index (κ1) is 22.7. The van der Waals surface area contributed by atoms with Crippen molar-refractivity contribution in [1.82, 2.24) is 24.5 Å². The molecule has 2 amide bonds. The first-order valence-corrected chi connectivity index (χ1v) is 9.44. The lowest BCUT2D eigenvalue weighted by Crippen LogP contribution is -2.37. The number of anilines is 1. The second kappa shape index (κ2) is 9.29. The van der Waals surface area contributed by atoms with Crippen LogP contribution in [0.3, 0.4) is 0 Å². The lowest BCUT2D eigenvalue weighted by atomic mass is 10.4. The van der Waals surface area contributed by atoms with E-state index in [1.165, 1.54) is 31.9 Å². The first-order valence-electron chi connectivity index (χ1n) is 7.96. The number of aromatic nitrogens is 4. The molecule has 0 radical (unpaired) electrons. The molecular formula is C14H16F2N6O7S. The molecule has 2 aromatic rings. The second-order valence-corrected chi connectivity index (χ2v) is 6.74. The lowest BCUT2D eigenvalue weighted by Gasteiger charge is -2.11. The van der Waals surface area contributed by atoms with Crippen LogP contribution in [0.15, 0.2) is 17.3 Å². The van der Waals surface area contributed by atoms with Crippen molar-refractivity contribution in [2.75, 3.05) is 26.1 Å². The number of alkyl halides is 2. The van der Waals surface area contributed by atoms with Crippen molar-refractivity contribution in [1.29, 1.82) is 0 Å². The summed E-state index contributed by atoms with van der Waals surface area (Å²) < 4.78 is 67.0. The average molecular weight is 450 g/mol. The minimum Gasteiger partial charge on any atom is -0.481 e. The molecule has 2 rings (SSSR count). The Hall–Kier alpha value is -3.56. The van der Waals surface area contributed by atoms with E-state index in [1.807, 2.05) is 5.32 Å². The van der Waals surface area contributed by atoms with Gasteiger partial charge in [0.15, 0.2) is 5.03 Å². The Bertz CT molecular complexity index is 1020. The Morgan fingerprint density at radius 3 is 2.30 bits per heavy atom. The van der Waals surface area contributed by atoms with Gasteiger partial charge in [-0.25, -0.2) is 14.3 Å². The number of sulfonamides is 1. The van der Waals surface area contributed by atoms with Gasteiger partial charge in [-0.15, -0.1) is 0 Å². The second-order valence-electron chi connectivity index (χ2n) is 5.14. The number of hydrogen-bond donors (Lipinski definition) is 2. The fourth-order valence-electron chi connectivity index (χ4n) is 2.07. The highest BCUT2D eigenvalue weighted by atomic mass is 32.2. The van der Waals surface area contributed by atoms with Gasteiger partial charge in [-0.1, -0.05) is 0 Å². The Morgan fingerprint density at radius 1 is 1.20 bits per heavy atom. The Balaban J connectivity index is 2.33. The van der Waals surface area contributed by atoms with Crippen molar-refractivity contribution in [3.63, 3.8) is 0 Å². The molecule has 0 aliphatic carbocycles. The van der Waals surface area contributed by atoms with Gasteiger partial charge in [-0.3, -0.25) is 5.32 Å². The average Bonchev–Trinajstić information content (AvgIpc) is 3.14. The van der Waals surface area contributed by atoms with Gasteiger partial charge < -0.3 is 14.2 Å². The number of hydrogen-bond acceptors (Lipinski definition) is 10. The highest BCUT2D eigenvalue weighted by molar-refractivity contribution is 7.90. The third kappa shape index (κ3) is 5.07. The zero-order chi connectivity index (χ0) is 22.5. The van der Waals surface area contributed by atoms with Gasteiger partial charge in [0, 0.05) is 0 Å². The number of rotatable bonds is 8. The molecule has 2 aromatic heterocycles. The molecule has 30 heavy (non-hydrogen) atoms. The summed E-state index contributed by atoms with van der Waals surface area (Å²) in [6.07, 6.45) is 0.590. The molecule has 0 aliphatic heterocycles. The standard InChI is InChI=1S/C14H16F2N6O7S/c1-4-29-11(23)7-6-17-22(12(15)16)10(7)30(25,26)21-14(24)20-13-18-8(27-2)5-9(19-13)28-3/h5-6,12H,4H2,1-3H3,(H2,18,19,20,21,24). The van der Waals surface area contributed by atoms with Crippen LogP contribution in [0.25, 0.3) is 0 Å². The van der Waals surface area contributed by atoms with Crippen LogP contribution < -0.4 is 19.5 Å². The molecule has 0 bridgehead atoms. The Labute approximate surface area is 168 Å². The van der Waals surface area contributed by atoms with Crippen molar-refractivity contribution in [3.05, 3.63) is 17.8 Å². The number of nitrogens with one attached hydrogen (secondary N) is 2. The summed E-state index contributed by atoms with van der Waals surface area (Å²) in [4.78, 5) is 31.5. The molecule has 13 nitrogen and oxygen atoms in total. The maximum atomic E-state index is 13.2. The molecule has 0 atom stereocenters. The van der Waals surface area contributed by atoms with E-state index in [1.54, 1.807) is 0 Å². The zero-order valence-corrected chi connectivity index (χ0v) is 16.6. The summed E-state index contributed by atoms with van der Waals surface area (Å²) in [6, 6.07) is -0.130. The molecule has 0 aliphatic rings. The number of amides is 2. The summed E-state index contributed by atoms with van der Waals surface area (Å²) in [5.41, 5.74) is -0.781. The Kier molecular flexibility index (Phi) is 7.04. The molecule has 0 unspecified atom stereocenters. The van der Waals surface area contributed by atoms with Crippen LogP contribution in [-0.2, 0) is 14.8 Å². The van der Waals surface area contributed by atoms with Crippen LogP contribution >= 0.6 is 0 Å². The lowest BCUT2D eigenvalue weighted by molar-refractivity contribution is 0.0443. The van der Waals surface area contributed by atoms with E-state index >= 15 is 0 Å². The number of ether oxygens (including phenoxy) is 3. The quantitative estimate of drug-likeness (QED) is 0.549. The van der Waals surface area contributed by atoms with Crippen LogP contribution in [-0.4, -0.2) is 61.0 Å².